The molecular formula is C9H9ClN2O2S. The lowest BCUT2D eigenvalue weighted by Gasteiger charge is -1.96. The highest BCUT2D eigenvalue weighted by molar-refractivity contribution is 7.80. The van der Waals surface area contributed by atoms with Gasteiger partial charge in [-0.1, -0.05) is 23.8 Å². The van der Waals surface area contributed by atoms with Gasteiger partial charge in [-0.05, 0) is 17.7 Å². The molecule has 6 heteroatoms. The fraction of sp³-hybridized carbons (Fsp3) is 0.222. The molecule has 0 saturated heterocycles. The maximum Gasteiger partial charge on any atom is 0.307 e. The van der Waals surface area contributed by atoms with Crippen LogP contribution in [0, 0.1) is 10.1 Å². The van der Waals surface area contributed by atoms with Crippen LogP contribution in [-0.2, 0) is 0 Å². The normalized spacial score (nSPS) is 10.8. The van der Waals surface area contributed by atoms with Crippen molar-refractivity contribution in [3.63, 3.8) is 0 Å². The van der Waals surface area contributed by atoms with Gasteiger partial charge in [-0.25, -0.2) is 4.98 Å². The standard InChI is InChI=1S/C9H9ClN2O2S/c10-9-8(12(13)14)5-7(6-11-9)3-1-2-4-15/h1,3,5-6,15H,2,4H2. The van der Waals surface area contributed by atoms with Crippen molar-refractivity contribution in [3.05, 3.63) is 39.2 Å². The molecule has 0 amide bonds. The SMILES string of the molecule is O=[N+]([O-])c1cc(C=CCCS)cnc1Cl. The molecule has 0 fully saturated rings. The first-order valence-corrected chi connectivity index (χ1v) is 5.23. The zero-order chi connectivity index (χ0) is 11.3. The topological polar surface area (TPSA) is 56.0 Å². The minimum Gasteiger partial charge on any atom is -0.258 e. The molecule has 0 bridgehead atoms. The molecule has 15 heavy (non-hydrogen) atoms. The third kappa shape index (κ3) is 3.53. The first-order chi connectivity index (χ1) is 7.15. The number of halogens is 1. The van der Waals surface area contributed by atoms with Crippen LogP contribution >= 0.6 is 24.2 Å². The number of nitro groups is 1. The highest BCUT2D eigenvalue weighted by Crippen LogP contribution is 2.22. The minimum absolute atomic E-state index is 0.0913. The lowest BCUT2D eigenvalue weighted by molar-refractivity contribution is -0.385. The average molecular weight is 245 g/mol. The zero-order valence-corrected chi connectivity index (χ0v) is 9.41. The van der Waals surface area contributed by atoms with E-state index in [0.717, 1.165) is 12.2 Å². The van der Waals surface area contributed by atoms with Crippen molar-refractivity contribution >= 4 is 36.0 Å². The summed E-state index contributed by atoms with van der Waals surface area (Å²) in [7, 11) is 0. The van der Waals surface area contributed by atoms with Crippen LogP contribution in [0.5, 0.6) is 0 Å². The molecule has 0 aliphatic rings. The van der Waals surface area contributed by atoms with E-state index in [1.54, 1.807) is 6.08 Å². The molecule has 1 aromatic heterocycles. The monoisotopic (exact) mass is 244 g/mol. The summed E-state index contributed by atoms with van der Waals surface area (Å²) < 4.78 is 0. The third-order valence-corrected chi connectivity index (χ3v) is 2.19. The molecule has 0 atom stereocenters. The second-order valence-electron chi connectivity index (χ2n) is 2.75. The maximum atomic E-state index is 10.5. The van der Waals surface area contributed by atoms with Gasteiger partial charge in [0.1, 0.15) is 0 Å². The van der Waals surface area contributed by atoms with Crippen molar-refractivity contribution in [2.45, 2.75) is 6.42 Å². The molecule has 80 valence electrons. The molecule has 0 spiro atoms. The van der Waals surface area contributed by atoms with Gasteiger partial charge in [-0.3, -0.25) is 10.1 Å². The predicted octanol–water partition coefficient (Wildman–Crippen LogP) is 2.98. The number of nitrogens with zero attached hydrogens (tertiary/aromatic N) is 2. The lowest BCUT2D eigenvalue weighted by Crippen LogP contribution is -1.91. The molecule has 4 nitrogen and oxygen atoms in total. The molecule has 0 aromatic carbocycles. The van der Waals surface area contributed by atoms with Gasteiger partial charge in [0.2, 0.25) is 5.15 Å². The van der Waals surface area contributed by atoms with Gasteiger partial charge in [-0.2, -0.15) is 12.6 Å². The minimum atomic E-state index is -0.550. The lowest BCUT2D eigenvalue weighted by atomic mass is 10.2. The summed E-state index contributed by atoms with van der Waals surface area (Å²) in [5, 5.41) is 10.5. The van der Waals surface area contributed by atoms with Gasteiger partial charge >= 0.3 is 5.69 Å². The van der Waals surface area contributed by atoms with E-state index in [2.05, 4.69) is 17.6 Å². The molecule has 1 heterocycles. The van der Waals surface area contributed by atoms with E-state index in [0.29, 0.717) is 5.56 Å². The van der Waals surface area contributed by atoms with E-state index in [1.807, 2.05) is 6.08 Å². The van der Waals surface area contributed by atoms with Crippen molar-refractivity contribution in [3.8, 4) is 0 Å². The molecule has 1 rings (SSSR count). The van der Waals surface area contributed by atoms with Crippen molar-refractivity contribution in [1.29, 1.82) is 0 Å². The number of allylic oxidation sites excluding steroid dienone is 1. The summed E-state index contributed by atoms with van der Waals surface area (Å²) in [4.78, 5) is 13.7. The Kier molecular flexibility index (Phi) is 4.58. The number of pyridine rings is 1. The van der Waals surface area contributed by atoms with Gasteiger partial charge < -0.3 is 0 Å². The van der Waals surface area contributed by atoms with E-state index in [9.17, 15) is 10.1 Å². The third-order valence-electron chi connectivity index (χ3n) is 1.64. The Morgan fingerprint density at radius 2 is 2.40 bits per heavy atom. The second-order valence-corrected chi connectivity index (χ2v) is 3.56. The van der Waals surface area contributed by atoms with Crippen LogP contribution in [0.2, 0.25) is 5.15 Å². The van der Waals surface area contributed by atoms with E-state index in [-0.39, 0.29) is 10.8 Å². The Labute approximate surface area is 97.5 Å². The van der Waals surface area contributed by atoms with Gasteiger partial charge in [0.25, 0.3) is 0 Å². The molecular weight excluding hydrogens is 236 g/mol. The van der Waals surface area contributed by atoms with Crippen LogP contribution in [0.25, 0.3) is 6.08 Å². The largest absolute Gasteiger partial charge is 0.307 e. The van der Waals surface area contributed by atoms with Crippen LogP contribution < -0.4 is 0 Å². The molecule has 0 saturated carbocycles. The summed E-state index contributed by atoms with van der Waals surface area (Å²) in [6.07, 6.45) is 5.93. The van der Waals surface area contributed by atoms with Crippen LogP contribution in [-0.4, -0.2) is 15.7 Å². The Morgan fingerprint density at radius 1 is 1.67 bits per heavy atom. The first-order valence-electron chi connectivity index (χ1n) is 4.22. The number of hydrogen-bond donors (Lipinski definition) is 1. The van der Waals surface area contributed by atoms with Crippen LogP contribution in [0.4, 0.5) is 5.69 Å². The fourth-order valence-electron chi connectivity index (χ4n) is 0.965. The Hall–Kier alpha value is -1.07. The Balaban J connectivity index is 2.92. The summed E-state index contributed by atoms with van der Waals surface area (Å²) in [5.41, 5.74) is 0.484. The number of hydrogen-bond acceptors (Lipinski definition) is 4. The van der Waals surface area contributed by atoms with Crippen LogP contribution in [0.15, 0.2) is 18.3 Å². The molecule has 0 aliphatic heterocycles. The van der Waals surface area contributed by atoms with Gasteiger partial charge in [-0.15, -0.1) is 0 Å². The number of aromatic nitrogens is 1. The summed E-state index contributed by atoms with van der Waals surface area (Å²) in [5.74, 6) is 0.736. The second kappa shape index (κ2) is 5.72. The molecule has 0 unspecified atom stereocenters. The first kappa shape index (κ1) is 12.0. The van der Waals surface area contributed by atoms with Crippen molar-refractivity contribution in [2.24, 2.45) is 0 Å². The van der Waals surface area contributed by atoms with E-state index in [4.69, 9.17) is 11.6 Å². The van der Waals surface area contributed by atoms with Gasteiger partial charge in [0.15, 0.2) is 0 Å². The Bertz CT molecular complexity index is 396. The Morgan fingerprint density at radius 3 is 3.00 bits per heavy atom. The summed E-state index contributed by atoms with van der Waals surface area (Å²) in [6.45, 7) is 0. The summed E-state index contributed by atoms with van der Waals surface area (Å²) >= 11 is 9.60. The summed E-state index contributed by atoms with van der Waals surface area (Å²) in [6, 6.07) is 1.39. The van der Waals surface area contributed by atoms with Gasteiger partial charge in [0.05, 0.1) is 4.92 Å². The number of thiol groups is 1. The smallest absolute Gasteiger partial charge is 0.258 e. The van der Waals surface area contributed by atoms with Crippen LogP contribution in [0.1, 0.15) is 12.0 Å². The molecule has 0 aliphatic carbocycles. The van der Waals surface area contributed by atoms with Crippen molar-refractivity contribution in [1.82, 2.24) is 4.98 Å². The van der Waals surface area contributed by atoms with Gasteiger partial charge in [0, 0.05) is 12.3 Å². The zero-order valence-electron chi connectivity index (χ0n) is 7.76. The highest BCUT2D eigenvalue weighted by Gasteiger charge is 2.12. The highest BCUT2D eigenvalue weighted by atomic mass is 35.5. The molecule has 0 N–H and O–H groups in total. The van der Waals surface area contributed by atoms with E-state index >= 15 is 0 Å². The predicted molar refractivity (Wildman–Crippen MR) is 63.4 cm³/mol. The van der Waals surface area contributed by atoms with E-state index in [1.165, 1.54) is 12.3 Å². The molecule has 0 radical (unpaired) electrons. The molecule has 1 aromatic rings. The van der Waals surface area contributed by atoms with E-state index < -0.39 is 4.92 Å². The maximum absolute atomic E-state index is 10.5. The van der Waals surface area contributed by atoms with Crippen molar-refractivity contribution < 1.29 is 4.92 Å². The van der Waals surface area contributed by atoms with Crippen LogP contribution in [0.3, 0.4) is 0 Å². The fourth-order valence-corrected chi connectivity index (χ4v) is 1.29. The van der Waals surface area contributed by atoms with Crippen molar-refractivity contribution in [2.75, 3.05) is 5.75 Å². The quantitative estimate of drug-likeness (QED) is 0.383. The number of rotatable bonds is 4. The average Bonchev–Trinajstić information content (AvgIpc) is 2.20.